The van der Waals surface area contributed by atoms with Gasteiger partial charge in [-0.1, -0.05) is 66.7 Å². The molecule has 0 N–H and O–H groups in total. The van der Waals surface area contributed by atoms with Crippen LogP contribution in [0.3, 0.4) is 0 Å². The summed E-state index contributed by atoms with van der Waals surface area (Å²) < 4.78 is 0. The summed E-state index contributed by atoms with van der Waals surface area (Å²) in [6.07, 6.45) is 7.39. The lowest BCUT2D eigenvalue weighted by Gasteiger charge is -2.24. The summed E-state index contributed by atoms with van der Waals surface area (Å²) in [4.78, 5) is 16.0. The largest absolute Gasteiger partial charge is 0.307 e. The van der Waals surface area contributed by atoms with Crippen molar-refractivity contribution in [1.29, 1.82) is 0 Å². The summed E-state index contributed by atoms with van der Waals surface area (Å²) in [5.74, 6) is 0.719. The normalized spacial score (nSPS) is 11.4. The van der Waals surface area contributed by atoms with Gasteiger partial charge in [0.15, 0.2) is 5.82 Å². The molecule has 2 aromatic heterocycles. The Hall–Kier alpha value is -4.83. The third-order valence-electron chi connectivity index (χ3n) is 6.62. The number of fused-ring (bicyclic) bond motifs is 3. The van der Waals surface area contributed by atoms with Gasteiger partial charge in [0.05, 0.1) is 18.1 Å². The van der Waals surface area contributed by atoms with Crippen molar-refractivity contribution in [3.8, 4) is 33.6 Å². The fourth-order valence-electron chi connectivity index (χ4n) is 5.10. The topological polar surface area (TPSA) is 41.9 Å². The van der Waals surface area contributed by atoms with Crippen LogP contribution in [0.25, 0.3) is 44.4 Å². The number of nitrogens with zero attached hydrogens (tertiary/aromatic N) is 4. The van der Waals surface area contributed by atoms with Crippen molar-refractivity contribution in [2.24, 2.45) is 0 Å². The van der Waals surface area contributed by atoms with E-state index in [1.165, 1.54) is 33.0 Å². The van der Waals surface area contributed by atoms with Crippen molar-refractivity contribution < 1.29 is 0 Å². The van der Waals surface area contributed by atoms with Crippen LogP contribution in [0.2, 0.25) is 0 Å². The lowest BCUT2D eigenvalue weighted by molar-refractivity contribution is 1.14. The van der Waals surface area contributed by atoms with E-state index in [-0.39, 0.29) is 0 Å². The van der Waals surface area contributed by atoms with E-state index in [4.69, 9.17) is 9.97 Å². The van der Waals surface area contributed by atoms with Gasteiger partial charge < -0.3 is 4.90 Å². The zero-order valence-electron chi connectivity index (χ0n) is 18.8. The Morgan fingerprint density at radius 1 is 0.457 bits per heavy atom. The second-order valence-electron chi connectivity index (χ2n) is 8.58. The number of hydrogen-bond donors (Lipinski definition) is 0. The van der Waals surface area contributed by atoms with E-state index >= 15 is 0 Å². The van der Waals surface area contributed by atoms with Gasteiger partial charge in [-0.05, 0) is 63.4 Å². The molecule has 35 heavy (non-hydrogen) atoms. The van der Waals surface area contributed by atoms with Crippen LogP contribution < -0.4 is 4.90 Å². The summed E-state index contributed by atoms with van der Waals surface area (Å²) in [5, 5.41) is 2.46. The molecule has 0 saturated carbocycles. The van der Waals surface area contributed by atoms with Crippen molar-refractivity contribution in [2.75, 3.05) is 4.90 Å². The Labute approximate surface area is 203 Å². The maximum atomic E-state index is 4.83. The molecule has 1 aliphatic carbocycles. The molecule has 4 heteroatoms. The van der Waals surface area contributed by atoms with Crippen LogP contribution in [0.5, 0.6) is 0 Å². The summed E-state index contributed by atoms with van der Waals surface area (Å²) in [7, 11) is 0. The number of para-hydroxylation sites is 1. The second-order valence-corrected chi connectivity index (χ2v) is 8.58. The highest BCUT2D eigenvalue weighted by Crippen LogP contribution is 2.48. The summed E-state index contributed by atoms with van der Waals surface area (Å²) in [6.45, 7) is 0. The molecule has 0 saturated heterocycles. The molecule has 0 radical (unpaired) electrons. The number of benzene rings is 4. The van der Waals surface area contributed by atoms with Crippen LogP contribution in [0, 0.1) is 0 Å². The molecule has 0 atom stereocenters. The first-order valence-electron chi connectivity index (χ1n) is 11.6. The predicted octanol–water partition coefficient (Wildman–Crippen LogP) is 7.81. The van der Waals surface area contributed by atoms with Gasteiger partial charge in [-0.2, -0.15) is 0 Å². The van der Waals surface area contributed by atoms with E-state index in [0.29, 0.717) is 0 Å². The maximum Gasteiger partial charge on any atom is 0.159 e. The average Bonchev–Trinajstić information content (AvgIpc) is 3.26. The Kier molecular flexibility index (Phi) is 4.42. The Bertz CT molecular complexity index is 1610. The molecule has 7 rings (SSSR count). The molecular weight excluding hydrogens is 428 g/mol. The van der Waals surface area contributed by atoms with Crippen LogP contribution in [0.4, 0.5) is 17.1 Å². The van der Waals surface area contributed by atoms with Gasteiger partial charge in [0, 0.05) is 29.3 Å². The Morgan fingerprint density at radius 3 is 1.80 bits per heavy atom. The molecule has 0 unspecified atom stereocenters. The highest BCUT2D eigenvalue weighted by molar-refractivity contribution is 6.18. The van der Waals surface area contributed by atoms with Crippen LogP contribution >= 0.6 is 0 Å². The van der Waals surface area contributed by atoms with E-state index in [0.717, 1.165) is 28.5 Å². The summed E-state index contributed by atoms with van der Waals surface area (Å²) in [5.41, 5.74) is 9.11. The third kappa shape index (κ3) is 3.11. The van der Waals surface area contributed by atoms with Gasteiger partial charge in [0.25, 0.3) is 0 Å². The molecule has 0 aliphatic heterocycles. The maximum absolute atomic E-state index is 4.83. The number of rotatable bonds is 4. The van der Waals surface area contributed by atoms with Gasteiger partial charge in [-0.15, -0.1) is 0 Å². The fourth-order valence-corrected chi connectivity index (χ4v) is 5.10. The molecule has 6 aromatic rings. The minimum absolute atomic E-state index is 0.719. The van der Waals surface area contributed by atoms with Crippen LogP contribution in [-0.2, 0) is 0 Å². The van der Waals surface area contributed by atoms with E-state index in [1.807, 2.05) is 42.7 Å². The zero-order chi connectivity index (χ0) is 23.2. The SMILES string of the molecule is c1ccc(N(c2ccncc2)c2cnc(-c3ccc4c5c(cccc35)-c3ccccc3-4)nc2)cc1. The molecule has 0 fully saturated rings. The highest BCUT2D eigenvalue weighted by Gasteiger charge is 2.23. The quantitative estimate of drug-likeness (QED) is 0.275. The molecule has 2 heterocycles. The molecule has 4 nitrogen and oxygen atoms in total. The van der Waals surface area contributed by atoms with Crippen molar-refractivity contribution in [1.82, 2.24) is 15.0 Å². The monoisotopic (exact) mass is 448 g/mol. The predicted molar refractivity (Wildman–Crippen MR) is 142 cm³/mol. The van der Waals surface area contributed by atoms with Crippen molar-refractivity contribution in [3.63, 3.8) is 0 Å². The molecular formula is C31H20N4. The summed E-state index contributed by atoms with van der Waals surface area (Å²) in [6, 6.07) is 33.7. The van der Waals surface area contributed by atoms with Crippen molar-refractivity contribution >= 4 is 27.8 Å². The minimum Gasteiger partial charge on any atom is -0.307 e. The number of pyridine rings is 1. The lowest BCUT2D eigenvalue weighted by atomic mass is 9.98. The van der Waals surface area contributed by atoms with Gasteiger partial charge in [0.1, 0.15) is 0 Å². The molecule has 164 valence electrons. The number of anilines is 3. The fraction of sp³-hybridized carbons (Fsp3) is 0. The van der Waals surface area contributed by atoms with E-state index in [1.54, 1.807) is 12.4 Å². The minimum atomic E-state index is 0.719. The van der Waals surface area contributed by atoms with E-state index < -0.39 is 0 Å². The molecule has 4 aromatic carbocycles. The van der Waals surface area contributed by atoms with E-state index in [2.05, 4.69) is 76.6 Å². The van der Waals surface area contributed by atoms with Gasteiger partial charge in [0.2, 0.25) is 0 Å². The first kappa shape index (κ1) is 19.6. The Balaban J connectivity index is 1.34. The van der Waals surface area contributed by atoms with Crippen LogP contribution in [-0.4, -0.2) is 15.0 Å². The molecule has 0 spiro atoms. The van der Waals surface area contributed by atoms with Gasteiger partial charge >= 0.3 is 0 Å². The van der Waals surface area contributed by atoms with Gasteiger partial charge in [-0.3, -0.25) is 4.98 Å². The lowest BCUT2D eigenvalue weighted by Crippen LogP contribution is -2.10. The average molecular weight is 449 g/mol. The summed E-state index contributed by atoms with van der Waals surface area (Å²) >= 11 is 0. The number of hydrogen-bond acceptors (Lipinski definition) is 4. The van der Waals surface area contributed by atoms with Gasteiger partial charge in [-0.25, -0.2) is 9.97 Å². The van der Waals surface area contributed by atoms with Crippen molar-refractivity contribution in [2.45, 2.75) is 0 Å². The standard InChI is InChI=1S/C31H20N4/c1-2-7-21(8-3-1)35(22-15-17-32-18-16-22)23-19-33-31(34-20-23)29-14-13-28-25-10-5-4-9-24(25)26-11-6-12-27(29)30(26)28/h1-20H. The van der Waals surface area contributed by atoms with Crippen molar-refractivity contribution in [3.05, 3.63) is 122 Å². The first-order valence-corrected chi connectivity index (χ1v) is 11.6. The van der Waals surface area contributed by atoms with Crippen LogP contribution in [0.1, 0.15) is 0 Å². The molecule has 0 bridgehead atoms. The van der Waals surface area contributed by atoms with Crippen LogP contribution in [0.15, 0.2) is 122 Å². The second kappa shape index (κ2) is 7.89. The number of aromatic nitrogens is 3. The highest BCUT2D eigenvalue weighted by atomic mass is 15.2. The smallest absolute Gasteiger partial charge is 0.159 e. The zero-order valence-corrected chi connectivity index (χ0v) is 18.8. The Morgan fingerprint density at radius 2 is 1.06 bits per heavy atom. The molecule has 1 aliphatic rings. The molecule has 0 amide bonds. The first-order chi connectivity index (χ1) is 17.4. The third-order valence-corrected chi connectivity index (χ3v) is 6.62. The van der Waals surface area contributed by atoms with E-state index in [9.17, 15) is 0 Å².